The van der Waals surface area contributed by atoms with Gasteiger partial charge in [0, 0.05) is 12.4 Å². The van der Waals surface area contributed by atoms with Crippen molar-refractivity contribution in [1.29, 1.82) is 0 Å². The molecule has 3 N–H and O–H groups in total. The van der Waals surface area contributed by atoms with Gasteiger partial charge >= 0.3 is 0 Å². The van der Waals surface area contributed by atoms with Crippen LogP contribution in [-0.2, 0) is 9.59 Å². The molecule has 1 rings (SSSR count). The first-order valence-corrected chi connectivity index (χ1v) is 7.35. The number of rotatable bonds is 9. The van der Waals surface area contributed by atoms with Gasteiger partial charge in [0.1, 0.15) is 5.69 Å². The molecule has 1 aromatic rings. The molecule has 1 heterocycles. The lowest BCUT2D eigenvalue weighted by Gasteiger charge is -2.19. The second kappa shape index (κ2) is 10.2. The summed E-state index contributed by atoms with van der Waals surface area (Å²) in [7, 11) is 0. The number of carbonyl (C=O) groups is 3. The molecule has 126 valence electrons. The molecular formula is C14H21N5O4. The van der Waals surface area contributed by atoms with Crippen molar-refractivity contribution in [2.45, 2.75) is 32.6 Å². The Hall–Kier alpha value is -2.55. The normalized spacial score (nSPS) is 11.4. The van der Waals surface area contributed by atoms with E-state index in [0.29, 0.717) is 11.5 Å². The summed E-state index contributed by atoms with van der Waals surface area (Å²) < 4.78 is 0. The Balaban J connectivity index is 2.54. The predicted octanol–water partition coefficient (Wildman–Crippen LogP) is 0.282. The molecule has 1 aromatic heterocycles. The number of nitrogens with one attached hydrogen (secondary N) is 2. The molecule has 9 nitrogen and oxygen atoms in total. The van der Waals surface area contributed by atoms with Crippen molar-refractivity contribution in [1.82, 2.24) is 25.9 Å². The van der Waals surface area contributed by atoms with Crippen molar-refractivity contribution in [3.8, 4) is 0 Å². The number of aromatic nitrogens is 2. The van der Waals surface area contributed by atoms with Gasteiger partial charge < -0.3 is 0 Å². The van der Waals surface area contributed by atoms with E-state index in [1.54, 1.807) is 0 Å². The van der Waals surface area contributed by atoms with Crippen LogP contribution in [0.1, 0.15) is 43.1 Å². The van der Waals surface area contributed by atoms with E-state index >= 15 is 0 Å². The number of amides is 3. The lowest BCUT2D eigenvalue weighted by atomic mass is 10.0. The zero-order valence-corrected chi connectivity index (χ0v) is 12.9. The summed E-state index contributed by atoms with van der Waals surface area (Å²) in [6, 6.07) is 0. The van der Waals surface area contributed by atoms with E-state index in [1.807, 2.05) is 6.92 Å². The SMILES string of the molecule is CCCCC[C@@H](CN(O)C=O)C(=O)NNC(=O)c1cnccn1. The second-order valence-corrected chi connectivity index (χ2v) is 4.95. The molecule has 0 aliphatic carbocycles. The average Bonchev–Trinajstić information content (AvgIpc) is 2.59. The van der Waals surface area contributed by atoms with Gasteiger partial charge in [-0.25, -0.2) is 10.0 Å². The Morgan fingerprint density at radius 3 is 2.74 bits per heavy atom. The van der Waals surface area contributed by atoms with Crippen molar-refractivity contribution in [2.75, 3.05) is 6.54 Å². The molecule has 0 saturated heterocycles. The third-order valence-electron chi connectivity index (χ3n) is 3.15. The maximum Gasteiger partial charge on any atom is 0.289 e. The molecule has 0 aliphatic heterocycles. The van der Waals surface area contributed by atoms with E-state index in [2.05, 4.69) is 20.8 Å². The number of nitrogens with zero attached hydrogens (tertiary/aromatic N) is 3. The monoisotopic (exact) mass is 323 g/mol. The highest BCUT2D eigenvalue weighted by atomic mass is 16.5. The van der Waals surface area contributed by atoms with Crippen LogP contribution in [-0.4, -0.2) is 45.0 Å². The first-order valence-electron chi connectivity index (χ1n) is 7.35. The summed E-state index contributed by atoms with van der Waals surface area (Å²) in [5, 5.41) is 9.69. The third-order valence-corrected chi connectivity index (χ3v) is 3.15. The van der Waals surface area contributed by atoms with Gasteiger partial charge in [-0.1, -0.05) is 26.2 Å². The van der Waals surface area contributed by atoms with Crippen molar-refractivity contribution in [2.24, 2.45) is 5.92 Å². The number of hydrogen-bond donors (Lipinski definition) is 3. The minimum absolute atomic E-state index is 0.0620. The van der Waals surface area contributed by atoms with Crippen LogP contribution in [0.5, 0.6) is 0 Å². The fraction of sp³-hybridized carbons (Fsp3) is 0.500. The number of hydrogen-bond acceptors (Lipinski definition) is 6. The lowest BCUT2D eigenvalue weighted by molar-refractivity contribution is -0.154. The van der Waals surface area contributed by atoms with Gasteiger partial charge in [-0.2, -0.15) is 0 Å². The van der Waals surface area contributed by atoms with E-state index in [0.717, 1.165) is 19.3 Å². The standard InChI is InChI=1S/C14H21N5O4/c1-2-3-4-5-11(9-19(23)10-20)13(21)17-18-14(22)12-8-15-6-7-16-12/h6-8,10-11,23H,2-5,9H2,1H3,(H,17,21)(H,18,22)/t11-/m0/s1. The average molecular weight is 323 g/mol. The molecule has 0 unspecified atom stereocenters. The zero-order chi connectivity index (χ0) is 17.1. The summed E-state index contributed by atoms with van der Waals surface area (Å²) in [5.41, 5.74) is 4.57. The van der Waals surface area contributed by atoms with E-state index in [9.17, 15) is 19.6 Å². The van der Waals surface area contributed by atoms with E-state index < -0.39 is 17.7 Å². The minimum atomic E-state index is -0.626. The summed E-state index contributed by atoms with van der Waals surface area (Å²) in [6.45, 7) is 1.89. The summed E-state index contributed by atoms with van der Waals surface area (Å²) in [5.74, 6) is -1.71. The zero-order valence-electron chi connectivity index (χ0n) is 12.9. The predicted molar refractivity (Wildman–Crippen MR) is 79.8 cm³/mol. The third kappa shape index (κ3) is 6.83. The number of unbranched alkanes of at least 4 members (excludes halogenated alkanes) is 2. The van der Waals surface area contributed by atoms with Gasteiger partial charge in [-0.3, -0.25) is 35.4 Å². The number of carbonyl (C=O) groups excluding carboxylic acids is 3. The first-order chi connectivity index (χ1) is 11.1. The van der Waals surface area contributed by atoms with Crippen LogP contribution >= 0.6 is 0 Å². The highest BCUT2D eigenvalue weighted by Gasteiger charge is 2.21. The summed E-state index contributed by atoms with van der Waals surface area (Å²) in [4.78, 5) is 41.9. The topological polar surface area (TPSA) is 125 Å². The van der Waals surface area contributed by atoms with Crippen molar-refractivity contribution >= 4 is 18.2 Å². The van der Waals surface area contributed by atoms with Gasteiger partial charge in [0.25, 0.3) is 5.91 Å². The van der Waals surface area contributed by atoms with Crippen LogP contribution in [0.3, 0.4) is 0 Å². The number of hydrazine groups is 1. The first kappa shape index (κ1) is 18.5. The van der Waals surface area contributed by atoms with Crippen LogP contribution in [0.2, 0.25) is 0 Å². The smallest absolute Gasteiger partial charge is 0.286 e. The van der Waals surface area contributed by atoms with Gasteiger partial charge in [0.05, 0.1) is 18.7 Å². The van der Waals surface area contributed by atoms with Crippen molar-refractivity contribution < 1.29 is 19.6 Å². The van der Waals surface area contributed by atoms with E-state index in [4.69, 9.17) is 0 Å². The molecule has 0 aliphatic rings. The van der Waals surface area contributed by atoms with E-state index in [1.165, 1.54) is 18.6 Å². The molecule has 0 spiro atoms. The molecule has 0 radical (unpaired) electrons. The Morgan fingerprint density at radius 1 is 1.35 bits per heavy atom. The summed E-state index contributed by atoms with van der Waals surface area (Å²) in [6.07, 6.45) is 7.47. The van der Waals surface area contributed by atoms with Crippen LogP contribution in [0.15, 0.2) is 18.6 Å². The van der Waals surface area contributed by atoms with Gasteiger partial charge in [0.15, 0.2) is 0 Å². The molecule has 0 fully saturated rings. The largest absolute Gasteiger partial charge is 0.289 e. The van der Waals surface area contributed by atoms with Crippen LogP contribution in [0.4, 0.5) is 0 Å². The quantitative estimate of drug-likeness (QED) is 0.259. The van der Waals surface area contributed by atoms with Crippen LogP contribution < -0.4 is 10.9 Å². The van der Waals surface area contributed by atoms with Gasteiger partial charge in [-0.05, 0) is 6.42 Å². The van der Waals surface area contributed by atoms with Crippen molar-refractivity contribution in [3.63, 3.8) is 0 Å². The van der Waals surface area contributed by atoms with Crippen LogP contribution in [0.25, 0.3) is 0 Å². The molecule has 9 heteroatoms. The Bertz CT molecular complexity index is 511. The highest BCUT2D eigenvalue weighted by Crippen LogP contribution is 2.11. The van der Waals surface area contributed by atoms with E-state index in [-0.39, 0.29) is 18.6 Å². The molecule has 0 saturated carbocycles. The molecule has 1 atom stereocenters. The molecule has 0 aromatic carbocycles. The second-order valence-electron chi connectivity index (χ2n) is 4.95. The van der Waals surface area contributed by atoms with Gasteiger partial charge in [0.2, 0.25) is 12.3 Å². The van der Waals surface area contributed by atoms with Gasteiger partial charge in [-0.15, -0.1) is 0 Å². The minimum Gasteiger partial charge on any atom is -0.286 e. The summed E-state index contributed by atoms with van der Waals surface area (Å²) >= 11 is 0. The molecule has 23 heavy (non-hydrogen) atoms. The highest BCUT2D eigenvalue weighted by molar-refractivity contribution is 5.93. The molecular weight excluding hydrogens is 302 g/mol. The van der Waals surface area contributed by atoms with Crippen molar-refractivity contribution in [3.05, 3.63) is 24.3 Å². The lowest BCUT2D eigenvalue weighted by Crippen LogP contribution is -2.47. The fourth-order valence-corrected chi connectivity index (χ4v) is 1.92. The Morgan fingerprint density at radius 2 is 2.13 bits per heavy atom. The van der Waals surface area contributed by atoms with Crippen LogP contribution in [0, 0.1) is 5.92 Å². The Kier molecular flexibility index (Phi) is 8.22. The molecule has 0 bridgehead atoms. The Labute approximate surface area is 134 Å². The molecule has 3 amide bonds. The maximum absolute atomic E-state index is 12.1. The maximum atomic E-state index is 12.1. The fourth-order valence-electron chi connectivity index (χ4n) is 1.92. The number of hydroxylamine groups is 2.